The number of nitrogens with zero attached hydrogens (tertiary/aromatic N) is 3. The molecule has 0 aliphatic heterocycles. The summed E-state index contributed by atoms with van der Waals surface area (Å²) >= 11 is 0. The van der Waals surface area contributed by atoms with Crippen LogP contribution in [0.15, 0.2) is 103 Å². The van der Waals surface area contributed by atoms with E-state index in [0.717, 1.165) is 39.6 Å². The van der Waals surface area contributed by atoms with Gasteiger partial charge in [-0.05, 0) is 35.0 Å². The lowest BCUT2D eigenvalue weighted by molar-refractivity contribution is 1.13. The van der Waals surface area contributed by atoms with Gasteiger partial charge in [0.25, 0.3) is 0 Å². The second-order valence-corrected chi connectivity index (χ2v) is 7.83. The zero-order valence-electron chi connectivity index (χ0n) is 17.7. The highest BCUT2D eigenvalue weighted by atomic mass is 15.1. The van der Waals surface area contributed by atoms with Gasteiger partial charge in [-0.15, -0.1) is 0 Å². The van der Waals surface area contributed by atoms with Crippen molar-refractivity contribution in [2.75, 3.05) is 19.0 Å². The van der Waals surface area contributed by atoms with E-state index < -0.39 is 0 Å². The standard InChI is InChI=1S/C28H23N3/c1-31(2)25-16-14-21(15-17-25)26-19-27(30-28(29-26)22-9-4-3-5-10-22)24-13-12-20-8-6-7-11-23(20)18-24/h3-19H,1-2H3. The van der Waals surface area contributed by atoms with Gasteiger partial charge >= 0.3 is 0 Å². The van der Waals surface area contributed by atoms with E-state index in [1.165, 1.54) is 10.8 Å². The Morgan fingerprint density at radius 3 is 1.84 bits per heavy atom. The van der Waals surface area contributed by atoms with E-state index >= 15 is 0 Å². The van der Waals surface area contributed by atoms with Crippen LogP contribution >= 0.6 is 0 Å². The minimum Gasteiger partial charge on any atom is -0.378 e. The second kappa shape index (κ2) is 8.04. The van der Waals surface area contributed by atoms with Gasteiger partial charge in [-0.2, -0.15) is 0 Å². The third kappa shape index (κ3) is 3.90. The first-order valence-electron chi connectivity index (χ1n) is 10.4. The van der Waals surface area contributed by atoms with Crippen LogP contribution in [0.2, 0.25) is 0 Å². The molecule has 1 heterocycles. The number of benzene rings is 4. The Bertz CT molecular complexity index is 1340. The van der Waals surface area contributed by atoms with Crippen molar-refractivity contribution >= 4 is 16.5 Å². The number of fused-ring (bicyclic) bond motifs is 1. The fraction of sp³-hybridized carbons (Fsp3) is 0.0714. The van der Waals surface area contributed by atoms with Crippen LogP contribution in [0.25, 0.3) is 44.7 Å². The molecule has 5 aromatic rings. The van der Waals surface area contributed by atoms with Crippen LogP contribution < -0.4 is 4.90 Å². The van der Waals surface area contributed by atoms with Crippen molar-refractivity contribution in [3.63, 3.8) is 0 Å². The number of hydrogen-bond acceptors (Lipinski definition) is 3. The third-order valence-corrected chi connectivity index (χ3v) is 5.48. The molecule has 150 valence electrons. The summed E-state index contributed by atoms with van der Waals surface area (Å²) in [7, 11) is 4.09. The molecule has 0 aliphatic carbocycles. The van der Waals surface area contributed by atoms with E-state index in [-0.39, 0.29) is 0 Å². The Hall–Kier alpha value is -3.98. The summed E-state index contributed by atoms with van der Waals surface area (Å²) in [5.41, 5.74) is 6.18. The lowest BCUT2D eigenvalue weighted by Gasteiger charge is -2.13. The Labute approximate surface area is 182 Å². The van der Waals surface area contributed by atoms with Gasteiger partial charge in [0.1, 0.15) is 0 Å². The molecule has 0 saturated carbocycles. The number of hydrogen-bond donors (Lipinski definition) is 0. The predicted molar refractivity (Wildman–Crippen MR) is 130 cm³/mol. The lowest BCUT2D eigenvalue weighted by Crippen LogP contribution is -2.08. The maximum Gasteiger partial charge on any atom is 0.160 e. The third-order valence-electron chi connectivity index (χ3n) is 5.48. The summed E-state index contributed by atoms with van der Waals surface area (Å²) in [6.45, 7) is 0. The second-order valence-electron chi connectivity index (χ2n) is 7.83. The Morgan fingerprint density at radius 2 is 1.13 bits per heavy atom. The summed E-state index contributed by atoms with van der Waals surface area (Å²) < 4.78 is 0. The highest BCUT2D eigenvalue weighted by Crippen LogP contribution is 2.30. The smallest absolute Gasteiger partial charge is 0.160 e. The van der Waals surface area contributed by atoms with Crippen LogP contribution in [0.3, 0.4) is 0 Å². The fourth-order valence-corrected chi connectivity index (χ4v) is 3.74. The first kappa shape index (κ1) is 19.0. The fourth-order valence-electron chi connectivity index (χ4n) is 3.74. The summed E-state index contributed by atoms with van der Waals surface area (Å²) in [5, 5.41) is 2.43. The molecule has 0 unspecified atom stereocenters. The van der Waals surface area contributed by atoms with Crippen molar-refractivity contribution < 1.29 is 0 Å². The van der Waals surface area contributed by atoms with Gasteiger partial charge in [0.05, 0.1) is 11.4 Å². The van der Waals surface area contributed by atoms with Gasteiger partial charge in [-0.1, -0.05) is 78.9 Å². The van der Waals surface area contributed by atoms with Crippen molar-refractivity contribution in [2.45, 2.75) is 0 Å². The van der Waals surface area contributed by atoms with E-state index in [9.17, 15) is 0 Å². The Balaban J connectivity index is 1.67. The van der Waals surface area contributed by atoms with Gasteiger partial charge in [0.15, 0.2) is 5.82 Å². The SMILES string of the molecule is CN(C)c1ccc(-c2cc(-c3ccc4ccccc4c3)nc(-c3ccccc3)n2)cc1. The van der Waals surface area contributed by atoms with Crippen molar-refractivity contribution in [3.8, 4) is 33.9 Å². The van der Waals surface area contributed by atoms with Crippen LogP contribution in [0.1, 0.15) is 0 Å². The van der Waals surface area contributed by atoms with Gasteiger partial charge in [0.2, 0.25) is 0 Å². The zero-order valence-corrected chi connectivity index (χ0v) is 17.7. The molecule has 31 heavy (non-hydrogen) atoms. The minimum absolute atomic E-state index is 0.734. The maximum atomic E-state index is 4.93. The monoisotopic (exact) mass is 401 g/mol. The lowest BCUT2D eigenvalue weighted by atomic mass is 10.0. The first-order valence-corrected chi connectivity index (χ1v) is 10.4. The molecule has 1 aromatic heterocycles. The average molecular weight is 402 g/mol. The molecule has 0 bridgehead atoms. The topological polar surface area (TPSA) is 29.0 Å². The summed E-state index contributed by atoms with van der Waals surface area (Å²) in [6, 6.07) is 35.6. The molecule has 4 aromatic carbocycles. The van der Waals surface area contributed by atoms with Gasteiger partial charge < -0.3 is 4.90 Å². The summed E-state index contributed by atoms with van der Waals surface area (Å²) in [6.07, 6.45) is 0. The Morgan fingerprint density at radius 1 is 0.516 bits per heavy atom. The minimum atomic E-state index is 0.734. The van der Waals surface area contributed by atoms with Crippen LogP contribution in [-0.4, -0.2) is 24.1 Å². The summed E-state index contributed by atoms with van der Waals surface area (Å²) in [4.78, 5) is 11.9. The molecule has 0 amide bonds. The Kier molecular flexibility index (Phi) is 4.93. The first-order chi connectivity index (χ1) is 15.2. The van der Waals surface area contributed by atoms with E-state index in [4.69, 9.17) is 9.97 Å². The molecule has 0 aliphatic rings. The molecular formula is C28H23N3. The molecule has 3 heteroatoms. The van der Waals surface area contributed by atoms with Crippen molar-refractivity contribution in [2.24, 2.45) is 0 Å². The van der Waals surface area contributed by atoms with Gasteiger partial charge in [0, 0.05) is 36.5 Å². The van der Waals surface area contributed by atoms with Crippen LogP contribution in [0, 0.1) is 0 Å². The molecular weight excluding hydrogens is 378 g/mol. The van der Waals surface area contributed by atoms with Gasteiger partial charge in [-0.25, -0.2) is 9.97 Å². The molecule has 5 rings (SSSR count). The predicted octanol–water partition coefficient (Wildman–Crippen LogP) is 6.70. The molecule has 0 saturated heterocycles. The van der Waals surface area contributed by atoms with E-state index in [2.05, 4.69) is 89.8 Å². The van der Waals surface area contributed by atoms with Gasteiger partial charge in [-0.3, -0.25) is 0 Å². The average Bonchev–Trinajstić information content (AvgIpc) is 2.84. The largest absolute Gasteiger partial charge is 0.378 e. The number of anilines is 1. The van der Waals surface area contributed by atoms with E-state index in [0.29, 0.717) is 0 Å². The number of aromatic nitrogens is 2. The van der Waals surface area contributed by atoms with Crippen molar-refractivity contribution in [1.29, 1.82) is 0 Å². The highest BCUT2D eigenvalue weighted by Gasteiger charge is 2.11. The molecule has 0 radical (unpaired) electrons. The molecule has 0 atom stereocenters. The van der Waals surface area contributed by atoms with Crippen molar-refractivity contribution in [3.05, 3.63) is 103 Å². The van der Waals surface area contributed by atoms with E-state index in [1.54, 1.807) is 0 Å². The van der Waals surface area contributed by atoms with E-state index in [1.807, 2.05) is 32.3 Å². The normalized spacial score (nSPS) is 10.9. The molecule has 0 N–H and O–H groups in total. The molecule has 3 nitrogen and oxygen atoms in total. The maximum absolute atomic E-state index is 4.93. The van der Waals surface area contributed by atoms with Crippen LogP contribution in [0.4, 0.5) is 5.69 Å². The summed E-state index contributed by atoms with van der Waals surface area (Å²) in [5.74, 6) is 0.734. The van der Waals surface area contributed by atoms with Crippen LogP contribution in [0.5, 0.6) is 0 Å². The quantitative estimate of drug-likeness (QED) is 0.336. The number of rotatable bonds is 4. The highest BCUT2D eigenvalue weighted by molar-refractivity contribution is 5.87. The zero-order chi connectivity index (χ0) is 21.2. The van der Waals surface area contributed by atoms with Crippen LogP contribution in [-0.2, 0) is 0 Å². The van der Waals surface area contributed by atoms with Crippen molar-refractivity contribution in [1.82, 2.24) is 9.97 Å². The molecule has 0 spiro atoms. The molecule has 0 fully saturated rings.